The van der Waals surface area contributed by atoms with Gasteiger partial charge in [-0.3, -0.25) is 0 Å². The predicted molar refractivity (Wildman–Crippen MR) is 98.9 cm³/mol. The Balaban J connectivity index is 1.46. The molecule has 1 fully saturated rings. The van der Waals surface area contributed by atoms with Gasteiger partial charge in [0.15, 0.2) is 0 Å². The molecule has 26 heavy (non-hydrogen) atoms. The van der Waals surface area contributed by atoms with Crippen molar-refractivity contribution in [3.05, 3.63) is 47.5 Å². The van der Waals surface area contributed by atoms with Gasteiger partial charge < -0.3 is 4.57 Å². The third kappa shape index (κ3) is 3.82. The fraction of sp³-hybridized carbons (Fsp3) is 0.556. The summed E-state index contributed by atoms with van der Waals surface area (Å²) in [4.78, 5) is 0. The smallest absolute Gasteiger partial charge is 0.279 e. The van der Waals surface area contributed by atoms with Crippen molar-refractivity contribution >= 4 is 10.2 Å². The number of rotatable bonds is 5. The number of fused-ring (bicyclic) bond motifs is 1. The first-order valence-corrected chi connectivity index (χ1v) is 10.8. The molecular weight excluding hydrogens is 350 g/mol. The first-order valence-electron chi connectivity index (χ1n) is 9.34. The average molecular weight is 375 g/mol. The Kier molecular flexibility index (Phi) is 5.06. The molecule has 1 atom stereocenters. The molecule has 2 aliphatic heterocycles. The quantitative estimate of drug-likeness (QED) is 0.859. The van der Waals surface area contributed by atoms with Gasteiger partial charge in [-0.25, -0.2) is 0 Å². The molecule has 140 valence electrons. The number of nitrogens with one attached hydrogen (secondary N) is 1. The minimum Gasteiger partial charge on any atom is -0.313 e. The molecule has 7 nitrogen and oxygen atoms in total. The van der Waals surface area contributed by atoms with Crippen LogP contribution in [0.3, 0.4) is 0 Å². The number of aromatic nitrogens is 3. The molecule has 0 bridgehead atoms. The summed E-state index contributed by atoms with van der Waals surface area (Å²) in [6.07, 6.45) is 5.22. The van der Waals surface area contributed by atoms with Crippen molar-refractivity contribution in [3.63, 3.8) is 0 Å². The third-order valence-electron chi connectivity index (χ3n) is 5.20. The number of aryl methyl sites for hydroxylation is 1. The van der Waals surface area contributed by atoms with E-state index in [0.717, 1.165) is 43.8 Å². The molecular formula is C18H25N5O2S. The highest BCUT2D eigenvalue weighted by atomic mass is 32.2. The molecule has 2 aromatic rings. The zero-order valence-electron chi connectivity index (χ0n) is 14.8. The molecule has 1 aromatic heterocycles. The van der Waals surface area contributed by atoms with Crippen LogP contribution in [-0.4, -0.2) is 46.6 Å². The molecule has 0 unspecified atom stereocenters. The number of hydrogen-bond acceptors (Lipinski definition) is 4. The molecule has 1 saturated heterocycles. The second-order valence-electron chi connectivity index (χ2n) is 7.12. The van der Waals surface area contributed by atoms with E-state index in [0.29, 0.717) is 26.1 Å². The average Bonchev–Trinajstić information content (AvgIpc) is 3.05. The molecule has 3 heterocycles. The molecule has 0 saturated carbocycles. The summed E-state index contributed by atoms with van der Waals surface area (Å²) in [7, 11) is -3.41. The summed E-state index contributed by atoms with van der Waals surface area (Å²) in [5, 5.41) is 8.64. The standard InChI is InChI=1S/C18H25N5O2S/c24-26(25,22-11-5-2-6-12-22)21-16-9-10-17-19-20-18(23(17)14-16)13-15-7-3-1-4-8-15/h1,3-4,7-8,16,21H,2,5-6,9-14H2/t16-/m0/s1. The van der Waals surface area contributed by atoms with Crippen LogP contribution >= 0.6 is 0 Å². The Labute approximate surface area is 154 Å². The first kappa shape index (κ1) is 17.6. The number of piperidine rings is 1. The van der Waals surface area contributed by atoms with Crippen molar-refractivity contribution < 1.29 is 8.42 Å². The summed E-state index contributed by atoms with van der Waals surface area (Å²) in [6.45, 7) is 1.84. The summed E-state index contributed by atoms with van der Waals surface area (Å²) >= 11 is 0. The van der Waals surface area contributed by atoms with E-state index in [4.69, 9.17) is 0 Å². The topological polar surface area (TPSA) is 80.1 Å². The molecule has 1 aromatic carbocycles. The van der Waals surface area contributed by atoms with Gasteiger partial charge in [0.05, 0.1) is 0 Å². The fourth-order valence-electron chi connectivity index (χ4n) is 3.78. The van der Waals surface area contributed by atoms with Crippen LogP contribution in [-0.2, 0) is 29.6 Å². The minimum atomic E-state index is -3.41. The van der Waals surface area contributed by atoms with Gasteiger partial charge in [0.1, 0.15) is 11.6 Å². The van der Waals surface area contributed by atoms with Crippen LogP contribution in [0, 0.1) is 0 Å². The van der Waals surface area contributed by atoms with Crippen LogP contribution in [0.4, 0.5) is 0 Å². The van der Waals surface area contributed by atoms with E-state index in [1.54, 1.807) is 4.31 Å². The Hall–Kier alpha value is -1.77. The molecule has 1 N–H and O–H groups in total. The minimum absolute atomic E-state index is 0.111. The van der Waals surface area contributed by atoms with Crippen molar-refractivity contribution in [2.24, 2.45) is 0 Å². The second kappa shape index (κ2) is 7.46. The van der Waals surface area contributed by atoms with Crippen molar-refractivity contribution in [2.75, 3.05) is 13.1 Å². The second-order valence-corrected chi connectivity index (χ2v) is 8.83. The molecule has 8 heteroatoms. The Bertz CT molecular complexity index is 844. The van der Waals surface area contributed by atoms with E-state index < -0.39 is 10.2 Å². The molecule has 0 radical (unpaired) electrons. The fourth-order valence-corrected chi connectivity index (χ4v) is 5.28. The van der Waals surface area contributed by atoms with Crippen LogP contribution in [0.5, 0.6) is 0 Å². The summed E-state index contributed by atoms with van der Waals surface area (Å²) in [5.74, 6) is 1.84. The van der Waals surface area contributed by atoms with Crippen LogP contribution in [0.1, 0.15) is 42.9 Å². The van der Waals surface area contributed by atoms with Crippen molar-refractivity contribution in [2.45, 2.75) is 51.1 Å². The Morgan fingerprint density at radius 3 is 2.62 bits per heavy atom. The number of benzene rings is 1. The SMILES string of the molecule is O=S(=O)(N[C@H]1CCc2nnc(Cc3ccccc3)n2C1)N1CCCCC1. The van der Waals surface area contributed by atoms with E-state index in [2.05, 4.69) is 31.6 Å². The third-order valence-corrected chi connectivity index (χ3v) is 6.88. The van der Waals surface area contributed by atoms with Crippen LogP contribution in [0.15, 0.2) is 30.3 Å². The van der Waals surface area contributed by atoms with Gasteiger partial charge >= 0.3 is 0 Å². The first-order chi connectivity index (χ1) is 12.6. The van der Waals surface area contributed by atoms with Crippen molar-refractivity contribution in [3.8, 4) is 0 Å². The lowest BCUT2D eigenvalue weighted by molar-refractivity contribution is 0.330. The highest BCUT2D eigenvalue weighted by Crippen LogP contribution is 2.19. The maximum Gasteiger partial charge on any atom is 0.279 e. The van der Waals surface area contributed by atoms with Gasteiger partial charge in [-0.05, 0) is 24.8 Å². The molecule has 4 rings (SSSR count). The van der Waals surface area contributed by atoms with Crippen LogP contribution in [0.2, 0.25) is 0 Å². The highest BCUT2D eigenvalue weighted by molar-refractivity contribution is 7.87. The molecule has 0 aliphatic carbocycles. The Morgan fingerprint density at radius 2 is 1.85 bits per heavy atom. The maximum absolute atomic E-state index is 12.7. The van der Waals surface area contributed by atoms with Gasteiger partial charge in [0, 0.05) is 38.5 Å². The lowest BCUT2D eigenvalue weighted by Crippen LogP contribution is -2.49. The van der Waals surface area contributed by atoms with Crippen molar-refractivity contribution in [1.29, 1.82) is 0 Å². The van der Waals surface area contributed by atoms with E-state index in [-0.39, 0.29) is 6.04 Å². The zero-order chi connectivity index (χ0) is 18.0. The highest BCUT2D eigenvalue weighted by Gasteiger charge is 2.30. The van der Waals surface area contributed by atoms with Gasteiger partial charge in [-0.1, -0.05) is 36.8 Å². The van der Waals surface area contributed by atoms with Crippen LogP contribution in [0.25, 0.3) is 0 Å². The summed E-state index contributed by atoms with van der Waals surface area (Å²) in [6, 6.07) is 10.0. The van der Waals surface area contributed by atoms with E-state index in [9.17, 15) is 8.42 Å². The van der Waals surface area contributed by atoms with Gasteiger partial charge in [-0.15, -0.1) is 10.2 Å². The van der Waals surface area contributed by atoms with E-state index in [1.165, 1.54) is 5.56 Å². The van der Waals surface area contributed by atoms with Gasteiger partial charge in [0.2, 0.25) is 0 Å². The normalized spacial score (nSPS) is 21.5. The van der Waals surface area contributed by atoms with E-state index in [1.807, 2.05) is 18.2 Å². The molecule has 0 amide bonds. The number of hydrogen-bond donors (Lipinski definition) is 1. The van der Waals surface area contributed by atoms with Gasteiger partial charge in [0.25, 0.3) is 10.2 Å². The summed E-state index contributed by atoms with van der Waals surface area (Å²) < 4.78 is 31.9. The lowest BCUT2D eigenvalue weighted by Gasteiger charge is -2.30. The monoisotopic (exact) mass is 375 g/mol. The van der Waals surface area contributed by atoms with Crippen molar-refractivity contribution in [1.82, 2.24) is 23.8 Å². The van der Waals surface area contributed by atoms with E-state index >= 15 is 0 Å². The molecule has 2 aliphatic rings. The molecule has 0 spiro atoms. The largest absolute Gasteiger partial charge is 0.313 e. The Morgan fingerprint density at radius 1 is 1.08 bits per heavy atom. The summed E-state index contributed by atoms with van der Waals surface area (Å²) in [5.41, 5.74) is 1.18. The van der Waals surface area contributed by atoms with Gasteiger partial charge in [-0.2, -0.15) is 17.4 Å². The predicted octanol–water partition coefficient (Wildman–Crippen LogP) is 1.50. The van der Waals surface area contributed by atoms with Crippen LogP contribution < -0.4 is 4.72 Å². The lowest BCUT2D eigenvalue weighted by atomic mass is 10.1. The number of nitrogens with zero attached hydrogens (tertiary/aromatic N) is 4. The maximum atomic E-state index is 12.7. The zero-order valence-corrected chi connectivity index (χ0v) is 15.7.